The largest absolute Gasteiger partial charge is 0.341 e. The molecule has 0 aromatic heterocycles. The van der Waals surface area contributed by atoms with Gasteiger partial charge >= 0.3 is 6.03 Å². The molecule has 0 spiro atoms. The molecule has 1 aliphatic rings. The van der Waals surface area contributed by atoms with Gasteiger partial charge in [0.25, 0.3) is 0 Å². The van der Waals surface area contributed by atoms with Gasteiger partial charge in [0.1, 0.15) is 0 Å². The standard InChI is InChI=1S/C23H30N4O2/c24-14-17-26(16-13-19-8-3-1-4-9-19)22(28)20-10-7-15-27(18-20)23(29)25-21-11-5-2-6-12-21/h1-6,8-9,11-12,20H,7,10,13-18,24H2,(H,25,29). The first-order valence-electron chi connectivity index (χ1n) is 10.3. The summed E-state index contributed by atoms with van der Waals surface area (Å²) >= 11 is 0. The summed E-state index contributed by atoms with van der Waals surface area (Å²) in [5, 5.41) is 2.91. The first-order valence-corrected chi connectivity index (χ1v) is 10.3. The number of likely N-dealkylation sites (tertiary alicyclic amines) is 1. The number of para-hydroxylation sites is 1. The van der Waals surface area contributed by atoms with E-state index >= 15 is 0 Å². The number of piperidine rings is 1. The maximum atomic E-state index is 13.1. The minimum atomic E-state index is -0.174. The number of nitrogens with zero attached hydrogens (tertiary/aromatic N) is 2. The van der Waals surface area contributed by atoms with E-state index in [9.17, 15) is 9.59 Å². The Kier molecular flexibility index (Phi) is 7.64. The maximum absolute atomic E-state index is 13.1. The molecule has 3 amide bonds. The highest BCUT2D eigenvalue weighted by Gasteiger charge is 2.31. The fourth-order valence-corrected chi connectivity index (χ4v) is 3.74. The highest BCUT2D eigenvalue weighted by atomic mass is 16.2. The van der Waals surface area contributed by atoms with E-state index in [2.05, 4.69) is 17.4 Å². The average molecular weight is 395 g/mol. The number of carbonyl (C=O) groups excluding carboxylic acids is 2. The summed E-state index contributed by atoms with van der Waals surface area (Å²) in [6.07, 6.45) is 2.44. The molecule has 0 saturated carbocycles. The number of hydrogen-bond donors (Lipinski definition) is 2. The number of benzene rings is 2. The molecule has 2 aromatic rings. The molecule has 6 nitrogen and oxygen atoms in total. The van der Waals surface area contributed by atoms with E-state index in [0.29, 0.717) is 32.7 Å². The van der Waals surface area contributed by atoms with E-state index in [0.717, 1.165) is 24.9 Å². The van der Waals surface area contributed by atoms with Crippen molar-refractivity contribution in [2.75, 3.05) is 38.0 Å². The fourth-order valence-electron chi connectivity index (χ4n) is 3.74. The summed E-state index contributed by atoms with van der Waals surface area (Å²) in [5.74, 6) is -0.0730. The number of rotatable bonds is 7. The van der Waals surface area contributed by atoms with E-state index in [4.69, 9.17) is 5.73 Å². The summed E-state index contributed by atoms with van der Waals surface area (Å²) in [5.41, 5.74) is 7.72. The van der Waals surface area contributed by atoms with Gasteiger partial charge in [0, 0.05) is 38.4 Å². The van der Waals surface area contributed by atoms with Gasteiger partial charge in [-0.1, -0.05) is 48.5 Å². The van der Waals surface area contributed by atoms with E-state index < -0.39 is 0 Å². The van der Waals surface area contributed by atoms with Crippen LogP contribution in [0, 0.1) is 5.92 Å². The van der Waals surface area contributed by atoms with E-state index in [-0.39, 0.29) is 17.9 Å². The van der Waals surface area contributed by atoms with Crippen LogP contribution in [0.4, 0.5) is 10.5 Å². The number of nitrogens with two attached hydrogens (primary N) is 1. The van der Waals surface area contributed by atoms with Crippen LogP contribution < -0.4 is 11.1 Å². The van der Waals surface area contributed by atoms with E-state index in [1.807, 2.05) is 53.4 Å². The quantitative estimate of drug-likeness (QED) is 0.758. The molecule has 1 saturated heterocycles. The molecule has 1 heterocycles. The highest BCUT2D eigenvalue weighted by Crippen LogP contribution is 2.20. The van der Waals surface area contributed by atoms with Gasteiger partial charge in [0.15, 0.2) is 0 Å². The van der Waals surface area contributed by atoms with Gasteiger partial charge < -0.3 is 20.9 Å². The average Bonchev–Trinajstić information content (AvgIpc) is 2.77. The lowest BCUT2D eigenvalue weighted by Crippen LogP contribution is -2.49. The van der Waals surface area contributed by atoms with Crippen molar-refractivity contribution >= 4 is 17.6 Å². The summed E-state index contributed by atoms with van der Waals surface area (Å²) < 4.78 is 0. The molecule has 1 unspecified atom stereocenters. The van der Waals surface area contributed by atoms with Crippen LogP contribution in [-0.2, 0) is 11.2 Å². The molecule has 0 radical (unpaired) electrons. The van der Waals surface area contributed by atoms with Crippen molar-refractivity contribution in [2.45, 2.75) is 19.3 Å². The van der Waals surface area contributed by atoms with Crippen LogP contribution in [0.3, 0.4) is 0 Å². The summed E-state index contributed by atoms with van der Waals surface area (Å²) in [6, 6.07) is 19.4. The third-order valence-corrected chi connectivity index (χ3v) is 5.31. The zero-order valence-corrected chi connectivity index (χ0v) is 16.8. The Labute approximate surface area is 172 Å². The van der Waals surface area contributed by atoms with E-state index in [1.54, 1.807) is 4.90 Å². The molecule has 154 valence electrons. The van der Waals surface area contributed by atoms with Gasteiger partial charge in [0.05, 0.1) is 5.92 Å². The smallest absolute Gasteiger partial charge is 0.321 e. The Morgan fingerprint density at radius 1 is 1.03 bits per heavy atom. The van der Waals surface area contributed by atoms with Crippen LogP contribution in [0.5, 0.6) is 0 Å². The Balaban J connectivity index is 1.58. The molecular weight excluding hydrogens is 364 g/mol. The minimum absolute atomic E-state index is 0.101. The lowest BCUT2D eigenvalue weighted by atomic mass is 9.96. The number of nitrogens with one attached hydrogen (secondary N) is 1. The second-order valence-electron chi connectivity index (χ2n) is 7.43. The molecule has 3 rings (SSSR count). The van der Waals surface area contributed by atoms with Gasteiger partial charge in [-0.25, -0.2) is 4.79 Å². The van der Waals surface area contributed by atoms with Crippen molar-refractivity contribution in [3.05, 3.63) is 66.2 Å². The summed E-state index contributed by atoms with van der Waals surface area (Å²) in [6.45, 7) is 2.74. The number of anilines is 1. The second-order valence-corrected chi connectivity index (χ2v) is 7.43. The van der Waals surface area contributed by atoms with Gasteiger partial charge in [-0.3, -0.25) is 4.79 Å². The van der Waals surface area contributed by atoms with Crippen molar-refractivity contribution in [2.24, 2.45) is 11.7 Å². The van der Waals surface area contributed by atoms with Crippen LogP contribution in [0.25, 0.3) is 0 Å². The molecule has 0 bridgehead atoms. The van der Waals surface area contributed by atoms with Crippen LogP contribution in [0.15, 0.2) is 60.7 Å². The molecule has 1 fully saturated rings. The SMILES string of the molecule is NCCN(CCc1ccccc1)C(=O)C1CCCN(C(=O)Nc2ccccc2)C1. The third-order valence-electron chi connectivity index (χ3n) is 5.31. The Hall–Kier alpha value is -2.86. The van der Waals surface area contributed by atoms with Crippen LogP contribution >= 0.6 is 0 Å². The zero-order valence-electron chi connectivity index (χ0n) is 16.8. The number of hydrogen-bond acceptors (Lipinski definition) is 3. The third kappa shape index (κ3) is 6.06. The number of urea groups is 1. The lowest BCUT2D eigenvalue weighted by molar-refractivity contribution is -0.136. The van der Waals surface area contributed by atoms with Crippen molar-refractivity contribution in [3.63, 3.8) is 0 Å². The molecule has 1 aliphatic heterocycles. The Morgan fingerprint density at radius 3 is 2.41 bits per heavy atom. The first kappa shape index (κ1) is 20.9. The van der Waals surface area contributed by atoms with Crippen molar-refractivity contribution in [3.8, 4) is 0 Å². The molecule has 6 heteroatoms. The molecule has 2 aromatic carbocycles. The summed E-state index contributed by atoms with van der Waals surface area (Å²) in [7, 11) is 0. The molecule has 0 aliphatic carbocycles. The Morgan fingerprint density at radius 2 is 1.72 bits per heavy atom. The van der Waals surface area contributed by atoms with Gasteiger partial charge in [-0.15, -0.1) is 0 Å². The number of amides is 3. The normalized spacial score (nSPS) is 16.3. The zero-order chi connectivity index (χ0) is 20.5. The lowest BCUT2D eigenvalue weighted by Gasteiger charge is -2.35. The van der Waals surface area contributed by atoms with E-state index in [1.165, 1.54) is 5.56 Å². The fraction of sp³-hybridized carbons (Fsp3) is 0.391. The highest BCUT2D eigenvalue weighted by molar-refractivity contribution is 5.90. The van der Waals surface area contributed by atoms with Crippen molar-refractivity contribution < 1.29 is 9.59 Å². The topological polar surface area (TPSA) is 78.7 Å². The molecule has 3 N–H and O–H groups in total. The van der Waals surface area contributed by atoms with Gasteiger partial charge in [-0.05, 0) is 37.0 Å². The molecular formula is C23H30N4O2. The maximum Gasteiger partial charge on any atom is 0.321 e. The second kappa shape index (κ2) is 10.6. The van der Waals surface area contributed by atoms with Gasteiger partial charge in [0.2, 0.25) is 5.91 Å². The predicted molar refractivity (Wildman–Crippen MR) is 116 cm³/mol. The van der Waals surface area contributed by atoms with Gasteiger partial charge in [-0.2, -0.15) is 0 Å². The minimum Gasteiger partial charge on any atom is -0.341 e. The van der Waals surface area contributed by atoms with Crippen molar-refractivity contribution in [1.29, 1.82) is 0 Å². The van der Waals surface area contributed by atoms with Crippen LogP contribution in [-0.4, -0.2) is 54.5 Å². The summed E-state index contributed by atoms with van der Waals surface area (Å²) in [4.78, 5) is 29.4. The monoisotopic (exact) mass is 394 g/mol. The number of carbonyl (C=O) groups is 2. The van der Waals surface area contributed by atoms with Crippen LogP contribution in [0.2, 0.25) is 0 Å². The molecule has 29 heavy (non-hydrogen) atoms. The first-order chi connectivity index (χ1) is 14.2. The van der Waals surface area contributed by atoms with Crippen molar-refractivity contribution in [1.82, 2.24) is 9.80 Å². The Bertz CT molecular complexity index is 782. The predicted octanol–water partition coefficient (Wildman–Crippen LogP) is 2.96. The van der Waals surface area contributed by atoms with Crippen LogP contribution in [0.1, 0.15) is 18.4 Å². The molecule has 1 atom stereocenters.